The van der Waals surface area contributed by atoms with E-state index in [0.29, 0.717) is 11.1 Å². The van der Waals surface area contributed by atoms with Gasteiger partial charge in [0.1, 0.15) is 18.1 Å². The molecule has 0 fully saturated rings. The van der Waals surface area contributed by atoms with Crippen LogP contribution in [0.4, 0.5) is 0 Å². The first kappa shape index (κ1) is 28.0. The number of carbonyl (C=O) groups is 5. The first-order valence-electron chi connectivity index (χ1n) is 11.3. The van der Waals surface area contributed by atoms with Crippen molar-refractivity contribution in [1.29, 1.82) is 0 Å². The number of hydrogen-bond acceptors (Lipinski definition) is 6. The molecule has 0 radical (unpaired) electrons. The van der Waals surface area contributed by atoms with Crippen LogP contribution in [0.2, 0.25) is 0 Å². The zero-order valence-electron chi connectivity index (χ0n) is 19.7. The van der Waals surface area contributed by atoms with Gasteiger partial charge in [0, 0.05) is 12.8 Å². The van der Waals surface area contributed by atoms with E-state index in [1.54, 1.807) is 60.7 Å². The number of carboxylic acid groups (broad SMARTS) is 2. The molecule has 0 aliphatic rings. The largest absolute Gasteiger partial charge is 0.481 e. The molecule has 0 saturated heterocycles. The standard InChI is InChI=1S/C25H30N4O7/c1-15(27-23(33)18(26)14-21(30)31)22(32)28-19(12-16-8-4-2-5-9-16)24(34)29-20(25(35)36)13-17-10-6-3-7-11-17/h2-11,15,18-20H,12-14,26H2,1H3,(H,27,33)(H,28,32)(H,29,34)(H,30,31)(H,35,36). The highest BCUT2D eigenvalue weighted by atomic mass is 16.4. The van der Waals surface area contributed by atoms with Crippen molar-refractivity contribution >= 4 is 29.7 Å². The molecule has 2 aromatic rings. The van der Waals surface area contributed by atoms with Gasteiger partial charge in [-0.2, -0.15) is 0 Å². The predicted octanol–water partition coefficient (Wildman–Crippen LogP) is -0.167. The van der Waals surface area contributed by atoms with E-state index in [-0.39, 0.29) is 12.8 Å². The summed E-state index contributed by atoms with van der Waals surface area (Å²) in [6.45, 7) is 1.35. The van der Waals surface area contributed by atoms with Crippen LogP contribution in [0.15, 0.2) is 60.7 Å². The molecule has 0 aromatic heterocycles. The maximum atomic E-state index is 13.1. The Hall–Kier alpha value is -4.25. The molecule has 36 heavy (non-hydrogen) atoms. The Bertz CT molecular complexity index is 1060. The highest BCUT2D eigenvalue weighted by Crippen LogP contribution is 2.07. The van der Waals surface area contributed by atoms with Crippen LogP contribution in [0.25, 0.3) is 0 Å². The average molecular weight is 499 g/mol. The van der Waals surface area contributed by atoms with Gasteiger partial charge in [-0.3, -0.25) is 19.2 Å². The average Bonchev–Trinajstić information content (AvgIpc) is 2.83. The van der Waals surface area contributed by atoms with E-state index in [9.17, 15) is 29.1 Å². The number of carboxylic acids is 2. The van der Waals surface area contributed by atoms with Crippen LogP contribution in [0, 0.1) is 0 Å². The lowest BCUT2D eigenvalue weighted by Crippen LogP contribution is -2.57. The smallest absolute Gasteiger partial charge is 0.326 e. The lowest BCUT2D eigenvalue weighted by atomic mass is 10.0. The molecule has 0 aliphatic heterocycles. The van der Waals surface area contributed by atoms with Crippen molar-refractivity contribution in [3.63, 3.8) is 0 Å². The molecule has 192 valence electrons. The van der Waals surface area contributed by atoms with Gasteiger partial charge in [0.25, 0.3) is 0 Å². The van der Waals surface area contributed by atoms with Gasteiger partial charge >= 0.3 is 11.9 Å². The van der Waals surface area contributed by atoms with Gasteiger partial charge in [0.15, 0.2) is 0 Å². The van der Waals surface area contributed by atoms with Crippen molar-refractivity contribution in [3.8, 4) is 0 Å². The molecular weight excluding hydrogens is 468 g/mol. The maximum absolute atomic E-state index is 13.1. The third kappa shape index (κ3) is 9.18. The number of amides is 3. The predicted molar refractivity (Wildman–Crippen MR) is 130 cm³/mol. The van der Waals surface area contributed by atoms with Crippen LogP contribution < -0.4 is 21.7 Å². The van der Waals surface area contributed by atoms with Gasteiger partial charge in [-0.25, -0.2) is 4.79 Å². The SMILES string of the molecule is CC(NC(=O)C(N)CC(=O)O)C(=O)NC(Cc1ccccc1)C(=O)NC(Cc1ccccc1)C(=O)O. The van der Waals surface area contributed by atoms with Crippen molar-refractivity contribution in [2.75, 3.05) is 0 Å². The number of benzene rings is 2. The molecule has 2 rings (SSSR count). The number of carbonyl (C=O) groups excluding carboxylic acids is 3. The Morgan fingerprint density at radius 1 is 0.722 bits per heavy atom. The summed E-state index contributed by atoms with van der Waals surface area (Å²) in [7, 11) is 0. The Morgan fingerprint density at radius 2 is 1.19 bits per heavy atom. The number of nitrogens with two attached hydrogens (primary N) is 1. The van der Waals surface area contributed by atoms with Gasteiger partial charge < -0.3 is 31.9 Å². The van der Waals surface area contributed by atoms with E-state index in [4.69, 9.17) is 10.8 Å². The van der Waals surface area contributed by atoms with Gasteiger partial charge in [-0.15, -0.1) is 0 Å². The van der Waals surface area contributed by atoms with Crippen LogP contribution in [-0.2, 0) is 36.8 Å². The Kier molecular flexibility index (Phi) is 10.6. The Labute approximate surface area is 208 Å². The molecule has 0 aliphatic carbocycles. The normalized spacial score (nSPS) is 13.9. The summed E-state index contributed by atoms with van der Waals surface area (Å²) < 4.78 is 0. The molecular formula is C25H30N4O7. The van der Waals surface area contributed by atoms with Gasteiger partial charge in [0.2, 0.25) is 17.7 Å². The molecule has 11 heteroatoms. The van der Waals surface area contributed by atoms with Crippen LogP contribution in [-0.4, -0.2) is 64.0 Å². The summed E-state index contributed by atoms with van der Waals surface area (Å²) in [5.74, 6) is -4.77. The third-order valence-corrected chi connectivity index (χ3v) is 5.30. The minimum absolute atomic E-state index is 0.0435. The van der Waals surface area contributed by atoms with Crippen LogP contribution in [0.3, 0.4) is 0 Å². The maximum Gasteiger partial charge on any atom is 0.326 e. The first-order chi connectivity index (χ1) is 17.1. The van der Waals surface area contributed by atoms with E-state index in [2.05, 4.69) is 16.0 Å². The molecule has 4 unspecified atom stereocenters. The third-order valence-electron chi connectivity index (χ3n) is 5.30. The van der Waals surface area contributed by atoms with E-state index in [1.807, 2.05) is 0 Å². The molecule has 4 atom stereocenters. The molecule has 0 saturated carbocycles. The summed E-state index contributed by atoms with van der Waals surface area (Å²) in [5.41, 5.74) is 6.95. The van der Waals surface area contributed by atoms with E-state index in [1.165, 1.54) is 6.92 Å². The lowest BCUT2D eigenvalue weighted by Gasteiger charge is -2.24. The quantitative estimate of drug-likeness (QED) is 0.219. The summed E-state index contributed by atoms with van der Waals surface area (Å²) in [5, 5.41) is 25.8. The monoisotopic (exact) mass is 498 g/mol. The summed E-state index contributed by atoms with van der Waals surface area (Å²) in [4.78, 5) is 60.5. The van der Waals surface area contributed by atoms with Crippen molar-refractivity contribution in [2.45, 2.75) is 50.4 Å². The van der Waals surface area contributed by atoms with Crippen molar-refractivity contribution in [2.24, 2.45) is 5.73 Å². The van der Waals surface area contributed by atoms with E-state index >= 15 is 0 Å². The van der Waals surface area contributed by atoms with Crippen LogP contribution in [0.1, 0.15) is 24.5 Å². The molecule has 11 nitrogen and oxygen atoms in total. The van der Waals surface area contributed by atoms with Gasteiger partial charge in [0.05, 0.1) is 12.5 Å². The molecule has 2 aromatic carbocycles. The highest BCUT2D eigenvalue weighted by Gasteiger charge is 2.29. The molecule has 3 amide bonds. The fourth-order valence-corrected chi connectivity index (χ4v) is 3.34. The topological polar surface area (TPSA) is 188 Å². The second kappa shape index (κ2) is 13.6. The van der Waals surface area contributed by atoms with Crippen LogP contribution >= 0.6 is 0 Å². The van der Waals surface area contributed by atoms with Gasteiger partial charge in [-0.05, 0) is 18.1 Å². The van der Waals surface area contributed by atoms with E-state index < -0.39 is 60.2 Å². The zero-order valence-corrected chi connectivity index (χ0v) is 19.7. The highest BCUT2D eigenvalue weighted by molar-refractivity contribution is 5.94. The fourth-order valence-electron chi connectivity index (χ4n) is 3.34. The molecule has 7 N–H and O–H groups in total. The number of hydrogen-bond donors (Lipinski definition) is 6. The summed E-state index contributed by atoms with van der Waals surface area (Å²) in [6, 6.07) is 12.7. The summed E-state index contributed by atoms with van der Waals surface area (Å²) in [6.07, 6.45) is -0.506. The number of nitrogens with one attached hydrogen (secondary N) is 3. The van der Waals surface area contributed by atoms with Crippen molar-refractivity contribution < 1.29 is 34.2 Å². The minimum Gasteiger partial charge on any atom is -0.481 e. The molecule has 0 spiro atoms. The minimum atomic E-state index is -1.35. The summed E-state index contributed by atoms with van der Waals surface area (Å²) >= 11 is 0. The molecule has 0 bridgehead atoms. The Morgan fingerprint density at radius 3 is 1.67 bits per heavy atom. The number of rotatable bonds is 13. The van der Waals surface area contributed by atoms with Gasteiger partial charge in [-0.1, -0.05) is 60.7 Å². The zero-order chi connectivity index (χ0) is 26.7. The van der Waals surface area contributed by atoms with Crippen LogP contribution in [0.5, 0.6) is 0 Å². The second-order valence-corrected chi connectivity index (χ2v) is 8.27. The lowest BCUT2D eigenvalue weighted by molar-refractivity contribution is -0.142. The van der Waals surface area contributed by atoms with Crippen molar-refractivity contribution in [3.05, 3.63) is 71.8 Å². The van der Waals surface area contributed by atoms with E-state index in [0.717, 1.165) is 0 Å². The van der Waals surface area contributed by atoms with Crippen molar-refractivity contribution in [1.82, 2.24) is 16.0 Å². The Balaban J connectivity index is 2.13. The number of aliphatic carboxylic acids is 2. The molecule has 0 heterocycles. The second-order valence-electron chi connectivity index (χ2n) is 8.27. The fraction of sp³-hybridized carbons (Fsp3) is 0.320. The first-order valence-corrected chi connectivity index (χ1v) is 11.3.